The van der Waals surface area contributed by atoms with Gasteiger partial charge in [-0.25, -0.2) is 22.2 Å². The quantitative estimate of drug-likeness (QED) is 0.455. The van der Waals surface area contributed by atoms with Crippen LogP contribution < -0.4 is 14.9 Å². The molecule has 1 aliphatic heterocycles. The number of carbonyl (C=O) groups is 1. The smallest absolute Gasteiger partial charge is 0.260 e. The van der Waals surface area contributed by atoms with Gasteiger partial charge in [0, 0.05) is 50.0 Å². The van der Waals surface area contributed by atoms with Crippen molar-refractivity contribution in [1.29, 1.82) is 0 Å². The summed E-state index contributed by atoms with van der Waals surface area (Å²) >= 11 is 0. The van der Waals surface area contributed by atoms with Crippen LogP contribution in [0.25, 0.3) is 0 Å². The fraction of sp³-hybridized carbons (Fsp3) is 0.640. The van der Waals surface area contributed by atoms with E-state index in [1.54, 1.807) is 16.8 Å². The molecule has 208 valence electrons. The van der Waals surface area contributed by atoms with Gasteiger partial charge in [-0.1, -0.05) is 0 Å². The fourth-order valence-corrected chi connectivity index (χ4v) is 6.31. The highest BCUT2D eigenvalue weighted by Gasteiger charge is 2.44. The molecule has 0 aromatic carbocycles. The molecule has 3 heterocycles. The van der Waals surface area contributed by atoms with Crippen molar-refractivity contribution in [3.63, 3.8) is 0 Å². The number of pyridine rings is 1. The Bertz CT molecular complexity index is 1290. The molecule has 1 amide bonds. The van der Waals surface area contributed by atoms with Crippen LogP contribution in [0.1, 0.15) is 73.5 Å². The Hall–Kier alpha value is -2.80. The summed E-state index contributed by atoms with van der Waals surface area (Å²) in [5, 5.41) is 16.3. The lowest BCUT2D eigenvalue weighted by Crippen LogP contribution is -2.36. The predicted molar refractivity (Wildman–Crippen MR) is 139 cm³/mol. The molecule has 3 N–H and O–H groups in total. The maximum Gasteiger partial charge on any atom is 0.260 e. The zero-order chi connectivity index (χ0) is 27.1. The number of aromatic nitrogens is 3. The van der Waals surface area contributed by atoms with Gasteiger partial charge in [-0.3, -0.25) is 14.2 Å². The number of amides is 1. The molecule has 0 radical (unpaired) electrons. The average molecular weight is 553 g/mol. The molecule has 2 aromatic rings. The van der Waals surface area contributed by atoms with E-state index in [1.165, 1.54) is 19.0 Å². The zero-order valence-corrected chi connectivity index (χ0v) is 22.2. The largest absolute Gasteiger partial charge is 0.395 e. The first-order valence-electron chi connectivity index (χ1n) is 13.1. The molecule has 5 rings (SSSR count). The Balaban J connectivity index is 1.36. The van der Waals surface area contributed by atoms with Gasteiger partial charge in [0.2, 0.25) is 15.9 Å². The van der Waals surface area contributed by atoms with E-state index in [1.807, 2.05) is 6.92 Å². The highest BCUT2D eigenvalue weighted by atomic mass is 32.2. The third kappa shape index (κ3) is 5.93. The number of sulfonamides is 1. The van der Waals surface area contributed by atoms with Crippen molar-refractivity contribution < 1.29 is 27.1 Å². The molecular formula is C25H34F2N6O4S. The molecule has 38 heavy (non-hydrogen) atoms. The van der Waals surface area contributed by atoms with Crippen LogP contribution in [0.2, 0.25) is 0 Å². The molecule has 1 spiro atoms. The first-order chi connectivity index (χ1) is 18.0. The van der Waals surface area contributed by atoms with Crippen LogP contribution in [0.15, 0.2) is 18.3 Å². The number of piperidine rings is 1. The number of halogens is 2. The molecular weight excluding hydrogens is 518 g/mol. The van der Waals surface area contributed by atoms with Crippen LogP contribution in [0.3, 0.4) is 0 Å². The number of carbonyl (C=O) groups excluding carboxylic acids is 1. The van der Waals surface area contributed by atoms with E-state index in [-0.39, 0.29) is 30.3 Å². The molecule has 13 heteroatoms. The van der Waals surface area contributed by atoms with Gasteiger partial charge in [0.05, 0.1) is 29.7 Å². The topological polar surface area (TPSA) is 129 Å². The Morgan fingerprint density at radius 3 is 2.42 bits per heavy atom. The second-order valence-electron chi connectivity index (χ2n) is 10.9. The van der Waals surface area contributed by atoms with Crippen molar-refractivity contribution in [2.24, 2.45) is 5.41 Å². The van der Waals surface area contributed by atoms with Crippen LogP contribution in [-0.4, -0.2) is 65.6 Å². The molecule has 3 fully saturated rings. The van der Waals surface area contributed by atoms with Crippen molar-refractivity contribution in [3.8, 4) is 0 Å². The Kier molecular flexibility index (Phi) is 7.10. The van der Waals surface area contributed by atoms with Crippen LogP contribution in [0, 0.1) is 12.3 Å². The van der Waals surface area contributed by atoms with Crippen molar-refractivity contribution in [2.75, 3.05) is 40.4 Å². The van der Waals surface area contributed by atoms with E-state index in [0.717, 1.165) is 31.6 Å². The summed E-state index contributed by atoms with van der Waals surface area (Å²) in [7, 11) is -3.78. The molecule has 2 aliphatic carbocycles. The maximum absolute atomic E-state index is 13.6. The van der Waals surface area contributed by atoms with Crippen LogP contribution in [0.4, 0.5) is 26.1 Å². The highest BCUT2D eigenvalue weighted by molar-refractivity contribution is 7.92. The first-order valence-corrected chi connectivity index (χ1v) is 14.8. The number of nitrogens with one attached hydrogen (secondary N) is 2. The Labute approximate surface area is 220 Å². The van der Waals surface area contributed by atoms with Crippen LogP contribution >= 0.6 is 0 Å². The van der Waals surface area contributed by atoms with Gasteiger partial charge >= 0.3 is 0 Å². The molecule has 0 unspecified atom stereocenters. The third-order valence-electron chi connectivity index (χ3n) is 8.07. The highest BCUT2D eigenvalue weighted by Crippen LogP contribution is 2.54. The molecule has 10 nitrogen and oxygen atoms in total. The van der Waals surface area contributed by atoms with Gasteiger partial charge in [0.15, 0.2) is 5.82 Å². The number of hydrogen-bond acceptors (Lipinski definition) is 7. The summed E-state index contributed by atoms with van der Waals surface area (Å²) in [5.74, 6) is -3.14. The molecule has 2 aromatic heterocycles. The van der Waals surface area contributed by atoms with E-state index in [4.69, 9.17) is 5.11 Å². The number of rotatable bonds is 8. The fourth-order valence-electron chi connectivity index (χ4n) is 5.54. The van der Waals surface area contributed by atoms with Gasteiger partial charge in [-0.15, -0.1) is 0 Å². The monoisotopic (exact) mass is 552 g/mol. The number of aliphatic hydroxyl groups is 1. The molecule has 1 saturated heterocycles. The minimum atomic E-state index is -3.78. The van der Waals surface area contributed by atoms with Gasteiger partial charge in [0.1, 0.15) is 5.82 Å². The number of aryl methyl sites for hydroxylation is 1. The van der Waals surface area contributed by atoms with Crippen molar-refractivity contribution in [3.05, 3.63) is 29.6 Å². The minimum absolute atomic E-state index is 0.0749. The van der Waals surface area contributed by atoms with E-state index in [9.17, 15) is 22.0 Å². The van der Waals surface area contributed by atoms with Crippen LogP contribution in [0.5, 0.6) is 0 Å². The third-order valence-corrected chi connectivity index (χ3v) is 9.31. The van der Waals surface area contributed by atoms with E-state index < -0.39 is 34.2 Å². The summed E-state index contributed by atoms with van der Waals surface area (Å²) in [6, 6.07) is 3.13. The van der Waals surface area contributed by atoms with Gasteiger partial charge in [-0.05, 0) is 50.9 Å². The number of aliphatic hydroxyl groups excluding tert-OH is 1. The summed E-state index contributed by atoms with van der Waals surface area (Å²) in [6.07, 6.45) is 6.07. The predicted octanol–water partition coefficient (Wildman–Crippen LogP) is 3.70. The van der Waals surface area contributed by atoms with Crippen molar-refractivity contribution >= 4 is 33.3 Å². The van der Waals surface area contributed by atoms with E-state index in [2.05, 4.69) is 25.0 Å². The van der Waals surface area contributed by atoms with Gasteiger partial charge in [0.25, 0.3) is 5.91 Å². The summed E-state index contributed by atoms with van der Waals surface area (Å²) in [4.78, 5) is 19.6. The molecule has 0 bridgehead atoms. The minimum Gasteiger partial charge on any atom is -0.395 e. The number of nitrogens with zero attached hydrogens (tertiary/aromatic N) is 4. The summed E-state index contributed by atoms with van der Waals surface area (Å²) in [5.41, 5.74) is 2.03. The number of anilines is 3. The SMILES string of the molecule is Cc1cc(NC(=O)c2cnc(NS(=O)(=O)CCO)cc2N2CCC3(CC2)CC3)nn1C1CCC(F)(F)CC1. The van der Waals surface area contributed by atoms with E-state index >= 15 is 0 Å². The molecule has 2 saturated carbocycles. The lowest BCUT2D eigenvalue weighted by atomic mass is 9.92. The second-order valence-corrected chi connectivity index (χ2v) is 12.7. The number of hydrogen-bond donors (Lipinski definition) is 3. The Morgan fingerprint density at radius 2 is 1.79 bits per heavy atom. The first kappa shape index (κ1) is 26.8. The second kappa shape index (κ2) is 10.1. The lowest BCUT2D eigenvalue weighted by Gasteiger charge is -2.34. The van der Waals surface area contributed by atoms with Crippen molar-refractivity contribution in [1.82, 2.24) is 14.8 Å². The Morgan fingerprint density at radius 1 is 1.11 bits per heavy atom. The van der Waals surface area contributed by atoms with Crippen LogP contribution in [-0.2, 0) is 10.0 Å². The standard InChI is InChI=1S/C25H34F2N6O4S/c1-17-14-22(30-33(17)18-2-4-25(26,27)5-3-18)29-23(35)19-16-28-21(31-38(36,37)13-12-34)15-20(19)32-10-8-24(6-7-24)9-11-32/h14-16,18,34H,2-13H2,1H3,(H,28,31)(H,29,30,35). The maximum atomic E-state index is 13.6. The lowest BCUT2D eigenvalue weighted by molar-refractivity contribution is -0.0451. The van der Waals surface area contributed by atoms with Gasteiger partial charge < -0.3 is 15.3 Å². The summed E-state index contributed by atoms with van der Waals surface area (Å²) < 4.78 is 55.7. The average Bonchev–Trinajstić information content (AvgIpc) is 3.51. The normalized spacial score (nSPS) is 20.9. The van der Waals surface area contributed by atoms with Crippen molar-refractivity contribution in [2.45, 2.75) is 70.3 Å². The summed E-state index contributed by atoms with van der Waals surface area (Å²) in [6.45, 7) is 2.80. The molecule has 3 aliphatic rings. The zero-order valence-electron chi connectivity index (χ0n) is 21.4. The van der Waals surface area contributed by atoms with E-state index in [0.29, 0.717) is 29.8 Å². The molecule has 0 atom stereocenters. The number of alkyl halides is 2. The van der Waals surface area contributed by atoms with Gasteiger partial charge in [-0.2, -0.15) is 5.10 Å².